The molecule has 0 aliphatic carbocycles. The van der Waals surface area contributed by atoms with E-state index in [4.69, 9.17) is 9.84 Å². The third kappa shape index (κ3) is 9.09. The first kappa shape index (κ1) is 32.2. The zero-order valence-electron chi connectivity index (χ0n) is 24.6. The fraction of sp³-hybridized carbons (Fsp3) is 0.567. The van der Waals surface area contributed by atoms with E-state index in [-0.39, 0.29) is 50.3 Å². The number of thiazole rings is 1. The second kappa shape index (κ2) is 14.5. The summed E-state index contributed by atoms with van der Waals surface area (Å²) >= 11 is 1.57. The number of aliphatic hydroxyl groups is 1. The summed E-state index contributed by atoms with van der Waals surface area (Å²) in [5, 5.41) is 14.8. The molecule has 1 aliphatic rings. The molecule has 0 unspecified atom stereocenters. The Morgan fingerprint density at radius 3 is 2.44 bits per heavy atom. The lowest BCUT2D eigenvalue weighted by Crippen LogP contribution is -2.57. The van der Waals surface area contributed by atoms with Gasteiger partial charge in [0.05, 0.1) is 22.6 Å². The summed E-state index contributed by atoms with van der Waals surface area (Å²) in [5.41, 5.74) is 4.11. The van der Waals surface area contributed by atoms with Crippen LogP contribution in [-0.2, 0) is 30.5 Å². The van der Waals surface area contributed by atoms with Crippen LogP contribution < -0.4 is 10.6 Å². The zero-order valence-corrected chi connectivity index (χ0v) is 25.4. The number of likely N-dealkylation sites (tertiary alicyclic amines) is 1. The van der Waals surface area contributed by atoms with Crippen molar-refractivity contribution >= 4 is 35.0 Å². The number of benzene rings is 1. The van der Waals surface area contributed by atoms with Crippen molar-refractivity contribution in [3.8, 4) is 10.4 Å². The molecule has 0 saturated carbocycles. The van der Waals surface area contributed by atoms with Crippen LogP contribution >= 0.6 is 11.3 Å². The molecule has 3 amide bonds. The zero-order chi connectivity index (χ0) is 30.2. The number of carbonyl (C=O) groups excluding carboxylic acids is 4. The summed E-state index contributed by atoms with van der Waals surface area (Å²) in [6, 6.07) is 6.15. The van der Waals surface area contributed by atoms with Crippen molar-refractivity contribution in [2.45, 2.75) is 91.5 Å². The summed E-state index contributed by atoms with van der Waals surface area (Å²) in [7, 11) is 0. The first-order valence-corrected chi connectivity index (χ1v) is 14.9. The van der Waals surface area contributed by atoms with E-state index in [9.17, 15) is 19.2 Å². The van der Waals surface area contributed by atoms with E-state index in [0.717, 1.165) is 21.7 Å². The van der Waals surface area contributed by atoms with Crippen LogP contribution in [0.4, 0.5) is 0 Å². The number of aliphatic hydroxyl groups excluding tert-OH is 1. The Labute approximate surface area is 245 Å². The minimum absolute atomic E-state index is 0.0678. The van der Waals surface area contributed by atoms with Crippen LogP contribution in [0, 0.1) is 12.3 Å². The number of unbranched alkanes of at least 4 members (excludes halogenated alkanes) is 2. The quantitative estimate of drug-likeness (QED) is 0.256. The van der Waals surface area contributed by atoms with Crippen LogP contribution in [0.3, 0.4) is 0 Å². The second-order valence-electron chi connectivity index (χ2n) is 11.6. The highest BCUT2D eigenvalue weighted by Gasteiger charge is 2.45. The maximum absolute atomic E-state index is 13.9. The molecule has 1 fully saturated rings. The van der Waals surface area contributed by atoms with Crippen LogP contribution in [0.2, 0.25) is 0 Å². The van der Waals surface area contributed by atoms with Crippen molar-refractivity contribution in [3.63, 3.8) is 0 Å². The number of esters is 1. The van der Waals surface area contributed by atoms with Gasteiger partial charge in [-0.2, -0.15) is 0 Å². The van der Waals surface area contributed by atoms with Gasteiger partial charge in [-0.05, 0) is 36.3 Å². The van der Waals surface area contributed by atoms with E-state index in [1.807, 2.05) is 57.5 Å². The first-order chi connectivity index (χ1) is 19.4. The van der Waals surface area contributed by atoms with E-state index in [1.165, 1.54) is 11.8 Å². The molecule has 0 radical (unpaired) electrons. The number of carbonyl (C=O) groups is 4. The molecule has 41 heavy (non-hydrogen) atoms. The van der Waals surface area contributed by atoms with E-state index in [0.29, 0.717) is 19.3 Å². The molecule has 1 saturated heterocycles. The van der Waals surface area contributed by atoms with Gasteiger partial charge in [-0.25, -0.2) is 4.98 Å². The van der Waals surface area contributed by atoms with Crippen LogP contribution in [0.5, 0.6) is 0 Å². The number of aromatic nitrogens is 1. The maximum Gasteiger partial charge on any atom is 0.302 e. The number of nitrogens with zero attached hydrogens (tertiary/aromatic N) is 2. The van der Waals surface area contributed by atoms with Crippen molar-refractivity contribution in [3.05, 3.63) is 41.0 Å². The highest BCUT2D eigenvalue weighted by Crippen LogP contribution is 2.29. The first-order valence-electron chi connectivity index (χ1n) is 14.1. The summed E-state index contributed by atoms with van der Waals surface area (Å²) < 4.78 is 5.39. The Bertz CT molecular complexity index is 1210. The molecule has 2 aromatic rings. The summed E-state index contributed by atoms with van der Waals surface area (Å²) in [6.45, 7) is 9.24. The molecule has 1 aliphatic heterocycles. The van der Waals surface area contributed by atoms with E-state index in [2.05, 4.69) is 15.6 Å². The molecule has 10 nitrogen and oxygen atoms in total. The largest absolute Gasteiger partial charge is 0.461 e. The predicted molar refractivity (Wildman–Crippen MR) is 157 cm³/mol. The van der Waals surface area contributed by atoms with Gasteiger partial charge in [0.1, 0.15) is 18.2 Å². The van der Waals surface area contributed by atoms with Crippen molar-refractivity contribution in [1.82, 2.24) is 20.5 Å². The molecule has 1 aromatic heterocycles. The van der Waals surface area contributed by atoms with Crippen molar-refractivity contribution < 1.29 is 29.0 Å². The topological polar surface area (TPSA) is 138 Å². The Morgan fingerprint density at radius 1 is 1.15 bits per heavy atom. The maximum atomic E-state index is 13.9. The summed E-state index contributed by atoms with van der Waals surface area (Å²) in [5.74, 6) is -1.48. The smallest absolute Gasteiger partial charge is 0.302 e. The fourth-order valence-electron chi connectivity index (χ4n) is 4.89. The van der Waals surface area contributed by atoms with E-state index < -0.39 is 29.6 Å². The van der Waals surface area contributed by atoms with Crippen LogP contribution in [-0.4, -0.2) is 70.0 Å². The molecule has 3 rings (SSSR count). The Hall–Kier alpha value is -3.31. The average molecular weight is 587 g/mol. The molecule has 0 spiro atoms. The van der Waals surface area contributed by atoms with Crippen LogP contribution in [0.15, 0.2) is 29.8 Å². The molecule has 1 aromatic carbocycles. The van der Waals surface area contributed by atoms with Gasteiger partial charge in [0.2, 0.25) is 17.7 Å². The lowest BCUT2D eigenvalue weighted by molar-refractivity contribution is -0.147. The lowest BCUT2D eigenvalue weighted by Gasteiger charge is -2.35. The number of aryl methyl sites for hydroxylation is 1. The SMILES string of the molecule is CC(=O)O[C@@H]1C[C@@H](C(=O)NCc2ccc(-c3scnc3C)cc2)N(C(=O)[C@@H](NC(=O)CCCCCO)C(C)(C)C)C1. The summed E-state index contributed by atoms with van der Waals surface area (Å²) in [6.07, 6.45) is 1.72. The van der Waals surface area contributed by atoms with Crippen LogP contribution in [0.1, 0.15) is 71.1 Å². The van der Waals surface area contributed by atoms with Gasteiger partial charge in [0.15, 0.2) is 0 Å². The van der Waals surface area contributed by atoms with Gasteiger partial charge < -0.3 is 25.4 Å². The normalized spacial score (nSPS) is 17.7. The number of hydrogen-bond acceptors (Lipinski definition) is 8. The third-order valence-corrected chi connectivity index (χ3v) is 8.07. The fourth-order valence-corrected chi connectivity index (χ4v) is 5.70. The van der Waals surface area contributed by atoms with E-state index >= 15 is 0 Å². The van der Waals surface area contributed by atoms with E-state index in [1.54, 1.807) is 11.3 Å². The molecule has 11 heteroatoms. The van der Waals surface area contributed by atoms with Gasteiger partial charge in [0.25, 0.3) is 0 Å². The summed E-state index contributed by atoms with van der Waals surface area (Å²) in [4.78, 5) is 58.5. The molecule has 2 heterocycles. The number of ether oxygens (including phenoxy) is 1. The van der Waals surface area contributed by atoms with Crippen molar-refractivity contribution in [2.75, 3.05) is 13.2 Å². The van der Waals surface area contributed by atoms with Gasteiger partial charge in [0, 0.05) is 32.9 Å². The number of hydrogen-bond donors (Lipinski definition) is 3. The molecular formula is C30H42N4O6S. The average Bonchev–Trinajstić information content (AvgIpc) is 3.53. The molecule has 3 N–H and O–H groups in total. The van der Waals surface area contributed by atoms with Crippen LogP contribution in [0.25, 0.3) is 10.4 Å². The number of nitrogens with one attached hydrogen (secondary N) is 2. The Morgan fingerprint density at radius 2 is 1.85 bits per heavy atom. The standard InChI is InChI=1S/C30H42N4O6S/c1-19-26(41-18-32-19)22-12-10-21(11-13-22)16-31-28(38)24-15-23(40-20(2)36)17-34(24)29(39)27(30(3,4)5)33-25(37)9-7-6-8-14-35/h10-13,18,23-24,27,35H,6-9,14-17H2,1-5H3,(H,31,38)(H,33,37)/t23-,24+,27-/m1/s1. The molecular weight excluding hydrogens is 544 g/mol. The molecule has 3 atom stereocenters. The third-order valence-electron chi connectivity index (χ3n) is 7.09. The van der Waals surface area contributed by atoms with Gasteiger partial charge in [-0.1, -0.05) is 51.5 Å². The highest BCUT2D eigenvalue weighted by atomic mass is 32.1. The van der Waals surface area contributed by atoms with Gasteiger partial charge in [-0.15, -0.1) is 11.3 Å². The minimum Gasteiger partial charge on any atom is -0.461 e. The number of amides is 3. The monoisotopic (exact) mass is 586 g/mol. The Kier molecular flexibility index (Phi) is 11.4. The highest BCUT2D eigenvalue weighted by molar-refractivity contribution is 7.13. The lowest BCUT2D eigenvalue weighted by atomic mass is 9.85. The van der Waals surface area contributed by atoms with Crippen molar-refractivity contribution in [2.24, 2.45) is 5.41 Å². The Balaban J connectivity index is 1.71. The van der Waals surface area contributed by atoms with Crippen molar-refractivity contribution in [1.29, 1.82) is 0 Å². The number of rotatable bonds is 12. The molecule has 0 bridgehead atoms. The minimum atomic E-state index is -0.873. The van der Waals surface area contributed by atoms with Gasteiger partial charge in [-0.3, -0.25) is 19.2 Å². The molecule has 224 valence electrons. The predicted octanol–water partition coefficient (Wildman–Crippen LogP) is 3.35. The second-order valence-corrected chi connectivity index (χ2v) is 12.4. The van der Waals surface area contributed by atoms with Gasteiger partial charge >= 0.3 is 5.97 Å².